The Morgan fingerprint density at radius 3 is 2.76 bits per heavy atom. The van der Waals surface area contributed by atoms with Crippen molar-refractivity contribution in [1.82, 2.24) is 9.97 Å². The second-order valence-electron chi connectivity index (χ2n) is 3.68. The van der Waals surface area contributed by atoms with E-state index >= 15 is 0 Å². The third kappa shape index (κ3) is 4.89. The number of unbranched alkanes of at least 4 members (excludes halogenated alkanes) is 1. The maximum Gasteiger partial charge on any atom is 0.234 e. The van der Waals surface area contributed by atoms with Crippen LogP contribution in [-0.4, -0.2) is 35.0 Å². The summed E-state index contributed by atoms with van der Waals surface area (Å²) >= 11 is 3.47. The molecule has 0 aliphatic rings. The minimum absolute atomic E-state index is 0.598. The zero-order chi connectivity index (χ0) is 12.5. The molecule has 96 valence electrons. The molecule has 1 rings (SSSR count). The number of ether oxygens (including phenoxy) is 1. The summed E-state index contributed by atoms with van der Waals surface area (Å²) in [5.41, 5.74) is 0. The van der Waals surface area contributed by atoms with Crippen molar-refractivity contribution in [2.75, 3.05) is 29.9 Å². The second-order valence-corrected chi connectivity index (χ2v) is 4.47. The lowest BCUT2D eigenvalue weighted by Crippen LogP contribution is -2.27. The number of rotatable bonds is 8. The first-order valence-corrected chi connectivity index (χ1v) is 7.19. The number of hydrogen-bond donors (Lipinski definition) is 0. The van der Waals surface area contributed by atoms with Gasteiger partial charge in [-0.3, -0.25) is 4.98 Å². The van der Waals surface area contributed by atoms with E-state index in [1.54, 1.807) is 12.4 Å². The molecule has 4 nitrogen and oxygen atoms in total. The van der Waals surface area contributed by atoms with Gasteiger partial charge in [-0.05, 0) is 13.3 Å². The lowest BCUT2D eigenvalue weighted by molar-refractivity contribution is 0.325. The van der Waals surface area contributed by atoms with E-state index < -0.39 is 0 Å². The molecular weight excluding hydrogens is 282 g/mol. The van der Waals surface area contributed by atoms with Crippen molar-refractivity contribution in [2.24, 2.45) is 0 Å². The highest BCUT2D eigenvalue weighted by molar-refractivity contribution is 9.09. The second kappa shape index (κ2) is 8.28. The maximum absolute atomic E-state index is 5.37. The van der Waals surface area contributed by atoms with Crippen LogP contribution in [0.2, 0.25) is 0 Å². The van der Waals surface area contributed by atoms with Gasteiger partial charge < -0.3 is 9.64 Å². The fourth-order valence-electron chi connectivity index (χ4n) is 1.50. The molecule has 0 atom stereocenters. The molecule has 5 heteroatoms. The van der Waals surface area contributed by atoms with Crippen LogP contribution in [-0.2, 0) is 0 Å². The summed E-state index contributed by atoms with van der Waals surface area (Å²) in [5, 5.41) is 0.928. The Morgan fingerprint density at radius 2 is 2.12 bits per heavy atom. The van der Waals surface area contributed by atoms with Crippen LogP contribution >= 0.6 is 15.9 Å². The molecule has 1 aromatic heterocycles. The number of halogens is 1. The first kappa shape index (κ1) is 14.2. The smallest absolute Gasteiger partial charge is 0.234 e. The lowest BCUT2D eigenvalue weighted by atomic mass is 10.3. The van der Waals surface area contributed by atoms with Gasteiger partial charge in [0.25, 0.3) is 0 Å². The highest BCUT2D eigenvalue weighted by atomic mass is 79.9. The van der Waals surface area contributed by atoms with Crippen LogP contribution in [0.5, 0.6) is 5.88 Å². The Balaban J connectivity index is 2.73. The van der Waals surface area contributed by atoms with Crippen LogP contribution in [0.25, 0.3) is 0 Å². The monoisotopic (exact) mass is 301 g/mol. The zero-order valence-electron chi connectivity index (χ0n) is 10.5. The van der Waals surface area contributed by atoms with Gasteiger partial charge in [-0.1, -0.05) is 29.3 Å². The molecule has 17 heavy (non-hydrogen) atoms. The van der Waals surface area contributed by atoms with Gasteiger partial charge in [0.2, 0.25) is 5.88 Å². The lowest BCUT2D eigenvalue weighted by Gasteiger charge is -2.22. The van der Waals surface area contributed by atoms with Gasteiger partial charge in [-0.25, -0.2) is 0 Å². The molecular formula is C12H20BrN3O. The minimum atomic E-state index is 0.598. The van der Waals surface area contributed by atoms with E-state index in [9.17, 15) is 0 Å². The van der Waals surface area contributed by atoms with Gasteiger partial charge in [0.05, 0.1) is 19.0 Å². The van der Waals surface area contributed by atoms with Crippen molar-refractivity contribution in [2.45, 2.75) is 26.7 Å². The van der Waals surface area contributed by atoms with Crippen LogP contribution in [0, 0.1) is 0 Å². The molecule has 0 unspecified atom stereocenters. The minimum Gasteiger partial charge on any atom is -0.477 e. The fraction of sp³-hybridized carbons (Fsp3) is 0.667. The van der Waals surface area contributed by atoms with Crippen LogP contribution in [0.4, 0.5) is 5.82 Å². The number of hydrogen-bond acceptors (Lipinski definition) is 4. The summed E-state index contributed by atoms with van der Waals surface area (Å²) < 4.78 is 5.37. The molecule has 0 saturated carbocycles. The molecule has 0 N–H and O–H groups in total. The van der Waals surface area contributed by atoms with Gasteiger partial charge in [0.1, 0.15) is 0 Å². The maximum atomic E-state index is 5.37. The van der Waals surface area contributed by atoms with Gasteiger partial charge in [-0.15, -0.1) is 0 Å². The van der Waals surface area contributed by atoms with Gasteiger partial charge >= 0.3 is 0 Å². The molecule has 0 bridgehead atoms. The molecule has 0 aliphatic heterocycles. The predicted octanol–water partition coefficient (Wildman–Crippen LogP) is 2.88. The van der Waals surface area contributed by atoms with Gasteiger partial charge in [-0.2, -0.15) is 4.98 Å². The van der Waals surface area contributed by atoms with Crippen LogP contribution in [0.15, 0.2) is 12.4 Å². The molecule has 0 aromatic carbocycles. The largest absolute Gasteiger partial charge is 0.477 e. The quantitative estimate of drug-likeness (QED) is 0.692. The zero-order valence-corrected chi connectivity index (χ0v) is 12.1. The van der Waals surface area contributed by atoms with E-state index in [1.807, 2.05) is 6.92 Å². The summed E-state index contributed by atoms with van der Waals surface area (Å²) in [4.78, 5) is 10.9. The van der Waals surface area contributed by atoms with Crippen LogP contribution in [0.3, 0.4) is 0 Å². The Morgan fingerprint density at radius 1 is 1.29 bits per heavy atom. The summed E-state index contributed by atoms with van der Waals surface area (Å²) in [5.74, 6) is 1.49. The van der Waals surface area contributed by atoms with E-state index in [0.29, 0.717) is 12.5 Å². The average molecular weight is 302 g/mol. The highest BCUT2D eigenvalue weighted by Crippen LogP contribution is 2.14. The molecule has 0 aliphatic carbocycles. The fourth-order valence-corrected chi connectivity index (χ4v) is 1.93. The first-order chi connectivity index (χ1) is 8.31. The Kier molecular flexibility index (Phi) is 6.93. The van der Waals surface area contributed by atoms with Crippen molar-refractivity contribution >= 4 is 21.7 Å². The Labute approximate surface area is 112 Å². The number of aromatic nitrogens is 2. The SMILES string of the molecule is CCCCN(CCBr)c1cncc(OCC)n1. The number of nitrogens with zero attached hydrogens (tertiary/aromatic N) is 3. The van der Waals surface area contributed by atoms with E-state index in [1.165, 1.54) is 6.42 Å². The highest BCUT2D eigenvalue weighted by Gasteiger charge is 2.08. The molecule has 0 radical (unpaired) electrons. The Hall–Kier alpha value is -0.840. The molecule has 1 aromatic rings. The van der Waals surface area contributed by atoms with E-state index in [-0.39, 0.29) is 0 Å². The van der Waals surface area contributed by atoms with E-state index in [4.69, 9.17) is 4.74 Å². The normalized spacial score (nSPS) is 10.3. The summed E-state index contributed by atoms with van der Waals surface area (Å²) in [6, 6.07) is 0. The van der Waals surface area contributed by atoms with E-state index in [0.717, 1.165) is 30.7 Å². The summed E-state index contributed by atoms with van der Waals surface area (Å²) in [6.07, 6.45) is 5.78. The van der Waals surface area contributed by atoms with Gasteiger partial charge in [0.15, 0.2) is 5.82 Å². The van der Waals surface area contributed by atoms with Crippen molar-refractivity contribution in [3.05, 3.63) is 12.4 Å². The first-order valence-electron chi connectivity index (χ1n) is 6.07. The van der Waals surface area contributed by atoms with Gasteiger partial charge in [0, 0.05) is 18.4 Å². The van der Waals surface area contributed by atoms with Crippen molar-refractivity contribution in [3.8, 4) is 5.88 Å². The van der Waals surface area contributed by atoms with Crippen molar-refractivity contribution < 1.29 is 4.74 Å². The van der Waals surface area contributed by atoms with Crippen LogP contribution in [0.1, 0.15) is 26.7 Å². The van der Waals surface area contributed by atoms with Crippen LogP contribution < -0.4 is 9.64 Å². The standard InChI is InChI=1S/C12H20BrN3O/c1-3-5-7-16(8-6-13)11-9-14-10-12(15-11)17-4-2/h9-10H,3-8H2,1-2H3. The summed E-state index contributed by atoms with van der Waals surface area (Å²) in [7, 11) is 0. The molecule has 0 spiro atoms. The number of anilines is 1. The van der Waals surface area contributed by atoms with Crippen molar-refractivity contribution in [1.29, 1.82) is 0 Å². The third-order valence-corrected chi connectivity index (χ3v) is 2.71. The average Bonchev–Trinajstić information content (AvgIpc) is 2.35. The molecule has 0 saturated heterocycles. The predicted molar refractivity (Wildman–Crippen MR) is 74.1 cm³/mol. The molecule has 0 amide bonds. The number of alkyl halides is 1. The molecule has 1 heterocycles. The Bertz CT molecular complexity index is 322. The van der Waals surface area contributed by atoms with E-state index in [2.05, 4.69) is 37.7 Å². The third-order valence-electron chi connectivity index (χ3n) is 2.35. The van der Waals surface area contributed by atoms with Crippen molar-refractivity contribution in [3.63, 3.8) is 0 Å². The summed E-state index contributed by atoms with van der Waals surface area (Å²) in [6.45, 7) is 6.69. The molecule has 0 fully saturated rings. The topological polar surface area (TPSA) is 38.2 Å².